The molecule has 0 saturated heterocycles. The molecule has 0 aliphatic carbocycles. The zero-order valence-corrected chi connectivity index (χ0v) is 11.3. The van der Waals surface area contributed by atoms with E-state index in [9.17, 15) is 4.79 Å². The highest BCUT2D eigenvalue weighted by Gasteiger charge is 2.03. The Kier molecular flexibility index (Phi) is 4.18. The van der Waals surface area contributed by atoms with Gasteiger partial charge in [-0.05, 0) is 29.3 Å². The van der Waals surface area contributed by atoms with E-state index >= 15 is 0 Å². The van der Waals surface area contributed by atoms with Crippen molar-refractivity contribution in [1.29, 1.82) is 5.26 Å². The van der Waals surface area contributed by atoms with Crippen molar-refractivity contribution >= 4 is 5.91 Å². The first-order chi connectivity index (χ1) is 9.60. The van der Waals surface area contributed by atoms with Crippen LogP contribution in [0.1, 0.15) is 27.2 Å². The van der Waals surface area contributed by atoms with Crippen molar-refractivity contribution in [3.8, 4) is 6.07 Å². The minimum absolute atomic E-state index is 0.423. The number of amides is 1. The summed E-state index contributed by atoms with van der Waals surface area (Å²) in [6, 6.07) is 11.2. The SMILES string of the molecule is Cn1cc(CNCc2cccc(C(N)=O)c2)cc1C#N. The molecule has 20 heavy (non-hydrogen) atoms. The summed E-state index contributed by atoms with van der Waals surface area (Å²) in [6.07, 6.45) is 1.92. The Morgan fingerprint density at radius 2 is 2.10 bits per heavy atom. The molecule has 5 nitrogen and oxygen atoms in total. The number of primary amides is 1. The zero-order chi connectivity index (χ0) is 14.5. The van der Waals surface area contributed by atoms with Crippen molar-refractivity contribution in [1.82, 2.24) is 9.88 Å². The van der Waals surface area contributed by atoms with E-state index in [0.29, 0.717) is 24.3 Å². The van der Waals surface area contributed by atoms with Crippen LogP contribution in [0, 0.1) is 11.3 Å². The second-order valence-corrected chi connectivity index (χ2v) is 4.62. The standard InChI is InChI=1S/C15H16N4O/c1-19-10-12(6-14(19)7-16)9-18-8-11-3-2-4-13(5-11)15(17)20/h2-6,10,18H,8-9H2,1H3,(H2,17,20). The fraction of sp³-hybridized carbons (Fsp3) is 0.200. The van der Waals surface area contributed by atoms with Gasteiger partial charge in [-0.1, -0.05) is 12.1 Å². The van der Waals surface area contributed by atoms with E-state index in [1.165, 1.54) is 0 Å². The van der Waals surface area contributed by atoms with Gasteiger partial charge in [0.1, 0.15) is 11.8 Å². The molecule has 0 fully saturated rings. The summed E-state index contributed by atoms with van der Waals surface area (Å²) in [7, 11) is 1.85. The summed E-state index contributed by atoms with van der Waals surface area (Å²) in [4.78, 5) is 11.1. The number of nitrogens with zero attached hydrogens (tertiary/aromatic N) is 2. The van der Waals surface area contributed by atoms with Gasteiger partial charge in [0.25, 0.3) is 0 Å². The van der Waals surface area contributed by atoms with Crippen LogP contribution in [0.5, 0.6) is 0 Å². The van der Waals surface area contributed by atoms with Gasteiger partial charge in [-0.2, -0.15) is 5.26 Å². The first kappa shape index (κ1) is 13.8. The molecular formula is C15H16N4O. The maximum absolute atomic E-state index is 11.1. The van der Waals surface area contributed by atoms with Crippen LogP contribution in [-0.4, -0.2) is 10.5 Å². The molecule has 1 heterocycles. The van der Waals surface area contributed by atoms with Crippen molar-refractivity contribution in [2.45, 2.75) is 13.1 Å². The third-order valence-electron chi connectivity index (χ3n) is 3.05. The van der Waals surface area contributed by atoms with Crippen molar-refractivity contribution in [2.24, 2.45) is 12.8 Å². The Bertz CT molecular complexity index is 667. The highest BCUT2D eigenvalue weighted by Crippen LogP contribution is 2.07. The average Bonchev–Trinajstić information content (AvgIpc) is 2.79. The lowest BCUT2D eigenvalue weighted by molar-refractivity contribution is 0.1000. The lowest BCUT2D eigenvalue weighted by Gasteiger charge is -2.05. The summed E-state index contributed by atoms with van der Waals surface area (Å²) >= 11 is 0. The smallest absolute Gasteiger partial charge is 0.248 e. The first-order valence-corrected chi connectivity index (χ1v) is 6.25. The summed E-state index contributed by atoms with van der Waals surface area (Å²) < 4.78 is 1.80. The summed E-state index contributed by atoms with van der Waals surface area (Å²) in [5, 5.41) is 12.2. The minimum atomic E-state index is -0.423. The zero-order valence-electron chi connectivity index (χ0n) is 11.3. The molecule has 102 valence electrons. The maximum Gasteiger partial charge on any atom is 0.248 e. The monoisotopic (exact) mass is 268 g/mol. The Morgan fingerprint density at radius 3 is 2.75 bits per heavy atom. The quantitative estimate of drug-likeness (QED) is 0.857. The van der Waals surface area contributed by atoms with E-state index < -0.39 is 5.91 Å². The fourth-order valence-corrected chi connectivity index (χ4v) is 2.03. The minimum Gasteiger partial charge on any atom is -0.366 e. The Balaban J connectivity index is 1.94. The molecule has 0 saturated carbocycles. The van der Waals surface area contributed by atoms with Crippen LogP contribution in [-0.2, 0) is 20.1 Å². The van der Waals surface area contributed by atoms with Crippen LogP contribution in [0.15, 0.2) is 36.5 Å². The number of nitrogens with one attached hydrogen (secondary N) is 1. The molecule has 0 aliphatic rings. The van der Waals surface area contributed by atoms with Crippen LogP contribution in [0.2, 0.25) is 0 Å². The van der Waals surface area contributed by atoms with Gasteiger partial charge in [-0.15, -0.1) is 0 Å². The Hall–Kier alpha value is -2.58. The van der Waals surface area contributed by atoms with E-state index in [0.717, 1.165) is 11.1 Å². The molecule has 1 aromatic heterocycles. The fourth-order valence-electron chi connectivity index (χ4n) is 2.03. The molecule has 0 unspecified atom stereocenters. The van der Waals surface area contributed by atoms with Crippen molar-refractivity contribution in [2.75, 3.05) is 0 Å². The van der Waals surface area contributed by atoms with Crippen LogP contribution < -0.4 is 11.1 Å². The number of carbonyl (C=O) groups excluding carboxylic acids is 1. The van der Waals surface area contributed by atoms with E-state index in [4.69, 9.17) is 11.0 Å². The summed E-state index contributed by atoms with van der Waals surface area (Å²) in [5.41, 5.74) is 8.44. The third-order valence-corrected chi connectivity index (χ3v) is 3.05. The Labute approximate surface area is 117 Å². The maximum atomic E-state index is 11.1. The van der Waals surface area contributed by atoms with Crippen LogP contribution in [0.4, 0.5) is 0 Å². The average molecular weight is 268 g/mol. The number of nitriles is 1. The third kappa shape index (κ3) is 3.25. The number of nitrogens with two attached hydrogens (primary N) is 1. The molecule has 0 spiro atoms. The van der Waals surface area contributed by atoms with Gasteiger partial charge in [0, 0.05) is 31.9 Å². The number of carbonyl (C=O) groups is 1. The summed E-state index contributed by atoms with van der Waals surface area (Å²) in [6.45, 7) is 1.30. The van der Waals surface area contributed by atoms with Crippen LogP contribution in [0.25, 0.3) is 0 Å². The van der Waals surface area contributed by atoms with Crippen LogP contribution in [0.3, 0.4) is 0 Å². The second kappa shape index (κ2) is 6.04. The molecule has 0 atom stereocenters. The Morgan fingerprint density at radius 1 is 1.35 bits per heavy atom. The highest BCUT2D eigenvalue weighted by atomic mass is 16.1. The van der Waals surface area contributed by atoms with E-state index in [-0.39, 0.29) is 0 Å². The molecule has 1 amide bonds. The number of benzene rings is 1. The molecule has 5 heteroatoms. The lowest BCUT2D eigenvalue weighted by Crippen LogP contribution is -2.14. The van der Waals surface area contributed by atoms with Crippen LogP contribution >= 0.6 is 0 Å². The van der Waals surface area contributed by atoms with Gasteiger partial charge in [-0.3, -0.25) is 4.79 Å². The molecule has 0 radical (unpaired) electrons. The molecule has 0 bridgehead atoms. The molecule has 3 N–H and O–H groups in total. The van der Waals surface area contributed by atoms with Gasteiger partial charge in [-0.25, -0.2) is 0 Å². The van der Waals surface area contributed by atoms with Gasteiger partial charge < -0.3 is 15.6 Å². The number of aryl methyl sites for hydroxylation is 1. The van der Waals surface area contributed by atoms with E-state index in [1.54, 1.807) is 16.7 Å². The molecular weight excluding hydrogens is 252 g/mol. The van der Waals surface area contributed by atoms with Gasteiger partial charge in [0.2, 0.25) is 5.91 Å². The van der Waals surface area contributed by atoms with Gasteiger partial charge in [0.15, 0.2) is 0 Å². The molecule has 2 rings (SSSR count). The molecule has 0 aliphatic heterocycles. The van der Waals surface area contributed by atoms with E-state index in [2.05, 4.69) is 11.4 Å². The van der Waals surface area contributed by atoms with Gasteiger partial charge in [0.05, 0.1) is 0 Å². The predicted octanol–water partition coefficient (Wildman–Crippen LogP) is 1.29. The topological polar surface area (TPSA) is 83.8 Å². The van der Waals surface area contributed by atoms with Crippen molar-refractivity contribution in [3.63, 3.8) is 0 Å². The lowest BCUT2D eigenvalue weighted by atomic mass is 10.1. The number of hydrogen-bond donors (Lipinski definition) is 2. The number of hydrogen-bond acceptors (Lipinski definition) is 3. The predicted molar refractivity (Wildman–Crippen MR) is 75.6 cm³/mol. The van der Waals surface area contributed by atoms with Crippen molar-refractivity contribution in [3.05, 3.63) is 58.9 Å². The number of rotatable bonds is 5. The van der Waals surface area contributed by atoms with Crippen molar-refractivity contribution < 1.29 is 4.79 Å². The normalized spacial score (nSPS) is 10.2. The number of aromatic nitrogens is 1. The second-order valence-electron chi connectivity index (χ2n) is 4.62. The molecule has 2 aromatic rings. The highest BCUT2D eigenvalue weighted by molar-refractivity contribution is 5.92. The molecule has 1 aromatic carbocycles. The largest absolute Gasteiger partial charge is 0.366 e. The van der Waals surface area contributed by atoms with E-state index in [1.807, 2.05) is 31.4 Å². The van der Waals surface area contributed by atoms with Gasteiger partial charge >= 0.3 is 0 Å². The first-order valence-electron chi connectivity index (χ1n) is 6.25. The summed E-state index contributed by atoms with van der Waals surface area (Å²) in [5.74, 6) is -0.423.